The third-order valence-corrected chi connectivity index (χ3v) is 4.63. The zero-order valence-electron chi connectivity index (χ0n) is 13.0. The van der Waals surface area contributed by atoms with E-state index in [9.17, 15) is 22.8 Å². The third-order valence-electron chi connectivity index (χ3n) is 2.95. The molecule has 0 aromatic heterocycles. The van der Waals surface area contributed by atoms with Gasteiger partial charge in [-0.15, -0.1) is 11.8 Å². The van der Waals surface area contributed by atoms with Gasteiger partial charge in [-0.1, -0.05) is 35.9 Å². The molecule has 1 rings (SSSR count). The van der Waals surface area contributed by atoms with Crippen LogP contribution in [0.3, 0.4) is 0 Å². The van der Waals surface area contributed by atoms with Crippen molar-refractivity contribution in [2.45, 2.75) is 30.5 Å². The predicted octanol–water partition coefficient (Wildman–Crippen LogP) is 4.58. The van der Waals surface area contributed by atoms with Crippen molar-refractivity contribution in [1.82, 2.24) is 0 Å². The molecule has 1 aromatic rings. The fourth-order valence-corrected chi connectivity index (χ4v) is 3.24. The SMILES string of the molecule is C/C=C/C(SCc1ccc(Cl)cc1)(C(=O)OCC)C(=O)C(F)(F)F. The van der Waals surface area contributed by atoms with Crippen molar-refractivity contribution in [3.63, 3.8) is 0 Å². The molecule has 0 spiro atoms. The Morgan fingerprint density at radius 2 is 1.83 bits per heavy atom. The number of halogens is 4. The van der Waals surface area contributed by atoms with Gasteiger partial charge in [-0.05, 0) is 31.5 Å². The second-order valence-electron chi connectivity index (χ2n) is 4.70. The first-order chi connectivity index (χ1) is 11.2. The summed E-state index contributed by atoms with van der Waals surface area (Å²) in [6.07, 6.45) is -3.00. The second kappa shape index (κ2) is 8.58. The lowest BCUT2D eigenvalue weighted by atomic mass is 10.0. The molecule has 0 aliphatic rings. The average molecular weight is 381 g/mol. The normalized spacial score (nSPS) is 14.4. The number of ketones is 1. The predicted molar refractivity (Wildman–Crippen MR) is 88.0 cm³/mol. The Hall–Kier alpha value is -1.47. The van der Waals surface area contributed by atoms with E-state index >= 15 is 0 Å². The molecule has 0 saturated carbocycles. The molecule has 0 radical (unpaired) electrons. The van der Waals surface area contributed by atoms with Gasteiger partial charge in [0.15, 0.2) is 4.75 Å². The summed E-state index contributed by atoms with van der Waals surface area (Å²) in [7, 11) is 0. The summed E-state index contributed by atoms with van der Waals surface area (Å²) in [5, 5.41) is 0.472. The van der Waals surface area contributed by atoms with Gasteiger partial charge in [0.2, 0.25) is 0 Å². The lowest BCUT2D eigenvalue weighted by molar-refractivity contribution is -0.176. The first-order valence-electron chi connectivity index (χ1n) is 6.98. The van der Waals surface area contributed by atoms with E-state index in [-0.39, 0.29) is 12.4 Å². The number of carbonyl (C=O) groups is 2. The lowest BCUT2D eigenvalue weighted by Crippen LogP contribution is -2.49. The van der Waals surface area contributed by atoms with Crippen molar-refractivity contribution in [3.8, 4) is 0 Å². The average Bonchev–Trinajstić information content (AvgIpc) is 2.51. The molecule has 1 aromatic carbocycles. The minimum Gasteiger partial charge on any atom is -0.464 e. The van der Waals surface area contributed by atoms with Crippen LogP contribution in [0.15, 0.2) is 36.4 Å². The molecule has 0 aliphatic heterocycles. The van der Waals surface area contributed by atoms with Gasteiger partial charge in [-0.2, -0.15) is 13.2 Å². The Bertz CT molecular complexity index is 614. The van der Waals surface area contributed by atoms with Gasteiger partial charge in [-0.3, -0.25) is 4.79 Å². The van der Waals surface area contributed by atoms with E-state index in [2.05, 4.69) is 0 Å². The van der Waals surface area contributed by atoms with Crippen LogP contribution in [0.1, 0.15) is 19.4 Å². The second-order valence-corrected chi connectivity index (χ2v) is 6.36. The highest BCUT2D eigenvalue weighted by atomic mass is 35.5. The van der Waals surface area contributed by atoms with Gasteiger partial charge in [0.1, 0.15) is 0 Å². The number of esters is 1. The van der Waals surface area contributed by atoms with Gasteiger partial charge in [-0.25, -0.2) is 4.79 Å². The Morgan fingerprint density at radius 3 is 2.29 bits per heavy atom. The molecule has 0 aliphatic carbocycles. The molecule has 8 heteroatoms. The summed E-state index contributed by atoms with van der Waals surface area (Å²) in [4.78, 5) is 24.1. The van der Waals surface area contributed by atoms with Gasteiger partial charge < -0.3 is 4.74 Å². The number of hydrogen-bond donors (Lipinski definition) is 0. The van der Waals surface area contributed by atoms with Gasteiger partial charge in [0, 0.05) is 10.8 Å². The Labute approximate surface area is 147 Å². The first-order valence-corrected chi connectivity index (χ1v) is 8.34. The van der Waals surface area contributed by atoms with Crippen LogP contribution in [0, 0.1) is 0 Å². The number of carbonyl (C=O) groups excluding carboxylic acids is 2. The first kappa shape index (κ1) is 20.6. The van der Waals surface area contributed by atoms with Crippen molar-refractivity contribution in [2.24, 2.45) is 0 Å². The molecule has 0 amide bonds. The van der Waals surface area contributed by atoms with Crippen LogP contribution >= 0.6 is 23.4 Å². The Balaban J connectivity index is 3.21. The summed E-state index contributed by atoms with van der Waals surface area (Å²) in [6.45, 7) is 2.76. The summed E-state index contributed by atoms with van der Waals surface area (Å²) < 4.78 is 41.3. The maximum Gasteiger partial charge on any atom is 0.452 e. The lowest BCUT2D eigenvalue weighted by Gasteiger charge is -2.27. The van der Waals surface area contributed by atoms with Crippen LogP contribution in [0.2, 0.25) is 5.02 Å². The van der Waals surface area contributed by atoms with Gasteiger partial charge in [0.25, 0.3) is 5.78 Å². The van der Waals surface area contributed by atoms with Crippen LogP contribution in [0.5, 0.6) is 0 Å². The maximum atomic E-state index is 13.0. The van der Waals surface area contributed by atoms with Crippen LogP contribution in [-0.2, 0) is 20.1 Å². The molecule has 0 bridgehead atoms. The van der Waals surface area contributed by atoms with E-state index in [0.29, 0.717) is 22.3 Å². The summed E-state index contributed by atoms with van der Waals surface area (Å²) >= 11 is 6.32. The molecular weight excluding hydrogens is 365 g/mol. The monoisotopic (exact) mass is 380 g/mol. The van der Waals surface area contributed by atoms with E-state index in [4.69, 9.17) is 16.3 Å². The van der Waals surface area contributed by atoms with Gasteiger partial charge >= 0.3 is 12.1 Å². The minimum atomic E-state index is -5.17. The van der Waals surface area contributed by atoms with E-state index in [1.165, 1.54) is 19.9 Å². The van der Waals surface area contributed by atoms with Crippen molar-refractivity contribution in [1.29, 1.82) is 0 Å². The van der Waals surface area contributed by atoms with Crippen molar-refractivity contribution < 1.29 is 27.5 Å². The van der Waals surface area contributed by atoms with Crippen LogP contribution in [-0.4, -0.2) is 29.3 Å². The highest BCUT2D eigenvalue weighted by Gasteiger charge is 2.57. The van der Waals surface area contributed by atoms with Gasteiger partial charge in [0.05, 0.1) is 6.61 Å². The number of alkyl halides is 3. The number of hydrogen-bond acceptors (Lipinski definition) is 4. The van der Waals surface area contributed by atoms with E-state index in [1.54, 1.807) is 24.3 Å². The molecule has 0 saturated heterocycles. The number of Topliss-reactive ketones (excluding diaryl/α,β-unsaturated/α-hetero) is 1. The number of rotatable bonds is 7. The summed E-state index contributed by atoms with van der Waals surface area (Å²) in [5.74, 6) is -3.39. The number of allylic oxidation sites excluding steroid dienone is 1. The molecular formula is C16H16ClF3O3S. The zero-order chi connectivity index (χ0) is 18.4. The fourth-order valence-electron chi connectivity index (χ4n) is 1.87. The van der Waals surface area contributed by atoms with E-state index in [0.717, 1.165) is 6.08 Å². The molecule has 1 atom stereocenters. The Kier molecular flexibility index (Phi) is 7.35. The zero-order valence-corrected chi connectivity index (χ0v) is 14.6. The molecule has 0 fully saturated rings. The number of thioether (sulfide) groups is 1. The molecule has 24 heavy (non-hydrogen) atoms. The van der Waals surface area contributed by atoms with Crippen molar-refractivity contribution >= 4 is 35.1 Å². The highest BCUT2D eigenvalue weighted by Crippen LogP contribution is 2.38. The van der Waals surface area contributed by atoms with Crippen molar-refractivity contribution in [2.75, 3.05) is 6.61 Å². The van der Waals surface area contributed by atoms with Crippen LogP contribution in [0.25, 0.3) is 0 Å². The summed E-state index contributed by atoms with van der Waals surface area (Å²) in [5.41, 5.74) is 0.623. The number of ether oxygens (including phenoxy) is 1. The standard InChI is InChI=1S/C16H16ClF3O3S/c1-3-9-15(14(22)23-4-2,13(21)16(18,19)20)24-10-11-5-7-12(17)8-6-11/h3,5-9H,4,10H2,1-2H3/b9-3+. The molecule has 132 valence electrons. The van der Waals surface area contributed by atoms with Crippen LogP contribution < -0.4 is 0 Å². The topological polar surface area (TPSA) is 43.4 Å². The van der Waals surface area contributed by atoms with Crippen molar-refractivity contribution in [3.05, 3.63) is 47.0 Å². The third kappa shape index (κ3) is 5.01. The molecule has 0 N–H and O–H groups in total. The van der Waals surface area contributed by atoms with E-state index in [1.807, 2.05) is 0 Å². The minimum absolute atomic E-state index is 0.00213. The van der Waals surface area contributed by atoms with Crippen LogP contribution in [0.4, 0.5) is 13.2 Å². The molecule has 1 unspecified atom stereocenters. The fraction of sp³-hybridized carbons (Fsp3) is 0.375. The highest BCUT2D eigenvalue weighted by molar-refractivity contribution is 8.01. The quantitative estimate of drug-likeness (QED) is 0.394. The smallest absolute Gasteiger partial charge is 0.452 e. The Morgan fingerprint density at radius 1 is 1.25 bits per heavy atom. The molecule has 0 heterocycles. The molecule has 3 nitrogen and oxygen atoms in total. The van der Waals surface area contributed by atoms with E-state index < -0.39 is 22.7 Å². The largest absolute Gasteiger partial charge is 0.464 e. The maximum absolute atomic E-state index is 13.0. The number of benzene rings is 1. The summed E-state index contributed by atoms with van der Waals surface area (Å²) in [6, 6.07) is 6.37.